The maximum Gasteiger partial charge on any atom is 0.0411 e. The summed E-state index contributed by atoms with van der Waals surface area (Å²) in [6.07, 6.45) is 2.50. The Labute approximate surface area is 106 Å². The molecule has 17 heavy (non-hydrogen) atoms. The first-order chi connectivity index (χ1) is 8.26. The zero-order chi connectivity index (χ0) is 12.7. The normalized spacial score (nSPS) is 10.9. The van der Waals surface area contributed by atoms with Gasteiger partial charge in [-0.1, -0.05) is 44.9 Å². The predicted octanol–water partition coefficient (Wildman–Crippen LogP) is 3.41. The first kappa shape index (κ1) is 14.0. The van der Waals surface area contributed by atoms with E-state index in [0.29, 0.717) is 6.54 Å². The van der Waals surface area contributed by atoms with Crippen molar-refractivity contribution in [1.82, 2.24) is 0 Å². The summed E-state index contributed by atoms with van der Waals surface area (Å²) >= 11 is 0. The second-order valence-corrected chi connectivity index (χ2v) is 4.55. The largest absolute Gasteiger partial charge is 0.371 e. The molecule has 0 radical (unpaired) electrons. The minimum absolute atomic E-state index is 0.621. The summed E-state index contributed by atoms with van der Waals surface area (Å²) in [6.45, 7) is 9.58. The molecule has 0 atom stereocenters. The van der Waals surface area contributed by atoms with Gasteiger partial charge in [-0.05, 0) is 24.5 Å². The van der Waals surface area contributed by atoms with Gasteiger partial charge >= 0.3 is 0 Å². The fraction of sp³-hybridized carbons (Fsp3) is 0.600. The van der Waals surface area contributed by atoms with E-state index in [1.807, 2.05) is 0 Å². The lowest BCUT2D eigenvalue weighted by molar-refractivity contribution is 0.485. The van der Waals surface area contributed by atoms with E-state index in [1.165, 1.54) is 24.1 Å². The number of anilines is 1. The average molecular weight is 234 g/mol. The zero-order valence-corrected chi connectivity index (χ0v) is 11.4. The van der Waals surface area contributed by atoms with Crippen LogP contribution >= 0.6 is 0 Å². The number of rotatable bonds is 7. The third kappa shape index (κ3) is 3.74. The van der Waals surface area contributed by atoms with Crippen LogP contribution in [0.1, 0.15) is 39.2 Å². The standard InChI is InChI=1S/C15H26N2/c1-4-13(5-2)12-17(6-3)15-10-8-7-9-14(15)11-16/h7-10,13H,4-6,11-12,16H2,1-3H3. The van der Waals surface area contributed by atoms with Crippen LogP contribution in [0.3, 0.4) is 0 Å². The smallest absolute Gasteiger partial charge is 0.0411 e. The maximum absolute atomic E-state index is 5.81. The molecule has 0 unspecified atom stereocenters. The van der Waals surface area contributed by atoms with Gasteiger partial charge in [0.1, 0.15) is 0 Å². The van der Waals surface area contributed by atoms with Crippen LogP contribution in [0.25, 0.3) is 0 Å². The number of hydrogen-bond acceptors (Lipinski definition) is 2. The topological polar surface area (TPSA) is 29.3 Å². The molecular formula is C15H26N2. The second kappa shape index (κ2) is 7.33. The van der Waals surface area contributed by atoms with Crippen LogP contribution in [0.2, 0.25) is 0 Å². The summed E-state index contributed by atoms with van der Waals surface area (Å²) in [5.74, 6) is 0.779. The van der Waals surface area contributed by atoms with E-state index in [2.05, 4.69) is 49.9 Å². The van der Waals surface area contributed by atoms with Gasteiger partial charge in [0.05, 0.1) is 0 Å². The molecular weight excluding hydrogens is 208 g/mol. The molecule has 1 aromatic carbocycles. The molecule has 0 spiro atoms. The molecule has 0 aliphatic carbocycles. The van der Waals surface area contributed by atoms with Crippen molar-refractivity contribution in [2.75, 3.05) is 18.0 Å². The third-order valence-electron chi connectivity index (χ3n) is 3.57. The van der Waals surface area contributed by atoms with Gasteiger partial charge in [-0.15, -0.1) is 0 Å². The molecule has 0 aromatic heterocycles. The zero-order valence-electron chi connectivity index (χ0n) is 11.4. The molecule has 0 fully saturated rings. The summed E-state index contributed by atoms with van der Waals surface area (Å²) < 4.78 is 0. The lowest BCUT2D eigenvalue weighted by Gasteiger charge is -2.29. The highest BCUT2D eigenvalue weighted by molar-refractivity contribution is 5.53. The van der Waals surface area contributed by atoms with Crippen molar-refractivity contribution in [3.8, 4) is 0 Å². The van der Waals surface area contributed by atoms with Gasteiger partial charge in [-0.2, -0.15) is 0 Å². The Morgan fingerprint density at radius 2 is 1.76 bits per heavy atom. The van der Waals surface area contributed by atoms with Crippen LogP contribution in [0.4, 0.5) is 5.69 Å². The molecule has 1 rings (SSSR count). The van der Waals surface area contributed by atoms with Crippen LogP contribution in [0.15, 0.2) is 24.3 Å². The van der Waals surface area contributed by atoms with E-state index < -0.39 is 0 Å². The van der Waals surface area contributed by atoms with Crippen LogP contribution in [-0.2, 0) is 6.54 Å². The first-order valence-corrected chi connectivity index (χ1v) is 6.79. The highest BCUT2D eigenvalue weighted by Crippen LogP contribution is 2.22. The Morgan fingerprint density at radius 3 is 2.29 bits per heavy atom. The summed E-state index contributed by atoms with van der Waals surface area (Å²) in [4.78, 5) is 2.46. The molecule has 0 aliphatic rings. The van der Waals surface area contributed by atoms with E-state index in [4.69, 9.17) is 5.73 Å². The molecule has 1 aromatic rings. The van der Waals surface area contributed by atoms with E-state index in [9.17, 15) is 0 Å². The summed E-state index contributed by atoms with van der Waals surface area (Å²) in [5, 5.41) is 0. The molecule has 96 valence electrons. The lowest BCUT2D eigenvalue weighted by Crippen LogP contribution is -2.30. The van der Waals surface area contributed by atoms with E-state index >= 15 is 0 Å². The molecule has 0 amide bonds. The Morgan fingerprint density at radius 1 is 1.12 bits per heavy atom. The molecule has 0 aliphatic heterocycles. The predicted molar refractivity (Wildman–Crippen MR) is 76.3 cm³/mol. The second-order valence-electron chi connectivity index (χ2n) is 4.55. The Balaban J connectivity index is 2.85. The van der Waals surface area contributed by atoms with Gasteiger partial charge in [-0.3, -0.25) is 0 Å². The highest BCUT2D eigenvalue weighted by Gasteiger charge is 2.12. The summed E-state index contributed by atoms with van der Waals surface area (Å²) in [6, 6.07) is 8.49. The number of para-hydroxylation sites is 1. The fourth-order valence-electron chi connectivity index (χ4n) is 2.25. The first-order valence-electron chi connectivity index (χ1n) is 6.79. The fourth-order valence-corrected chi connectivity index (χ4v) is 2.25. The van der Waals surface area contributed by atoms with Gasteiger partial charge < -0.3 is 10.6 Å². The van der Waals surface area contributed by atoms with Gasteiger partial charge in [0, 0.05) is 25.3 Å². The van der Waals surface area contributed by atoms with Gasteiger partial charge in [0.15, 0.2) is 0 Å². The van der Waals surface area contributed by atoms with Crippen molar-refractivity contribution in [2.45, 2.75) is 40.2 Å². The van der Waals surface area contributed by atoms with Crippen molar-refractivity contribution >= 4 is 5.69 Å². The molecule has 2 heteroatoms. The van der Waals surface area contributed by atoms with Gasteiger partial charge in [0.25, 0.3) is 0 Å². The monoisotopic (exact) mass is 234 g/mol. The van der Waals surface area contributed by atoms with Gasteiger partial charge in [0.2, 0.25) is 0 Å². The molecule has 0 bridgehead atoms. The van der Waals surface area contributed by atoms with E-state index in [-0.39, 0.29) is 0 Å². The SMILES string of the molecule is CCC(CC)CN(CC)c1ccccc1CN. The van der Waals surface area contributed by atoms with Crippen molar-refractivity contribution in [2.24, 2.45) is 11.7 Å². The van der Waals surface area contributed by atoms with Gasteiger partial charge in [-0.25, -0.2) is 0 Å². The minimum Gasteiger partial charge on any atom is -0.371 e. The Kier molecular flexibility index (Phi) is 6.06. The number of nitrogens with two attached hydrogens (primary N) is 1. The molecule has 0 saturated carbocycles. The summed E-state index contributed by atoms with van der Waals surface area (Å²) in [5.41, 5.74) is 8.37. The van der Waals surface area contributed by atoms with Crippen LogP contribution in [0, 0.1) is 5.92 Å². The van der Waals surface area contributed by atoms with Crippen LogP contribution < -0.4 is 10.6 Å². The molecule has 2 N–H and O–H groups in total. The maximum atomic E-state index is 5.81. The van der Waals surface area contributed by atoms with Crippen molar-refractivity contribution in [1.29, 1.82) is 0 Å². The third-order valence-corrected chi connectivity index (χ3v) is 3.57. The summed E-state index contributed by atoms with van der Waals surface area (Å²) in [7, 11) is 0. The average Bonchev–Trinajstić information content (AvgIpc) is 2.40. The molecule has 0 saturated heterocycles. The highest BCUT2D eigenvalue weighted by atomic mass is 15.1. The molecule has 2 nitrogen and oxygen atoms in total. The van der Waals surface area contributed by atoms with E-state index in [1.54, 1.807) is 0 Å². The van der Waals surface area contributed by atoms with Crippen LogP contribution in [-0.4, -0.2) is 13.1 Å². The number of hydrogen-bond donors (Lipinski definition) is 1. The lowest BCUT2D eigenvalue weighted by atomic mass is 10.0. The minimum atomic E-state index is 0.621. The molecule has 0 heterocycles. The Hall–Kier alpha value is -1.02. The number of benzene rings is 1. The number of nitrogens with zero attached hydrogens (tertiary/aromatic N) is 1. The van der Waals surface area contributed by atoms with Crippen LogP contribution in [0.5, 0.6) is 0 Å². The quantitative estimate of drug-likeness (QED) is 0.783. The van der Waals surface area contributed by atoms with Crippen molar-refractivity contribution in [3.63, 3.8) is 0 Å². The van der Waals surface area contributed by atoms with E-state index in [0.717, 1.165) is 19.0 Å². The Bertz CT molecular complexity index is 318. The van der Waals surface area contributed by atoms with Crippen molar-refractivity contribution < 1.29 is 0 Å². The van der Waals surface area contributed by atoms with Crippen molar-refractivity contribution in [3.05, 3.63) is 29.8 Å².